The molecule has 1 N–H and O–H groups in total. The molecule has 0 heterocycles. The van der Waals surface area contributed by atoms with Gasteiger partial charge in [-0.25, -0.2) is 0 Å². The van der Waals surface area contributed by atoms with Gasteiger partial charge < -0.3 is 14.6 Å². The van der Waals surface area contributed by atoms with Gasteiger partial charge in [0.05, 0.1) is 6.61 Å². The van der Waals surface area contributed by atoms with Crippen molar-refractivity contribution in [3.05, 3.63) is 60.8 Å². The maximum atomic E-state index is 12.3. The number of unbranched alkanes of at least 4 members (excludes halogenated alkanes) is 29. The van der Waals surface area contributed by atoms with Crippen LogP contribution in [0.15, 0.2) is 60.8 Å². The lowest BCUT2D eigenvalue weighted by molar-refractivity contribution is -0.161. The Morgan fingerprint density at radius 2 is 0.667 bits per heavy atom. The van der Waals surface area contributed by atoms with Gasteiger partial charge in [-0.05, 0) is 83.5 Å². The molecule has 0 aromatic heterocycles. The summed E-state index contributed by atoms with van der Waals surface area (Å²) in [6, 6.07) is 0. The Hall–Kier alpha value is -2.40. The highest BCUT2D eigenvalue weighted by Gasteiger charge is 2.16. The first-order valence-electron chi connectivity index (χ1n) is 25.8. The van der Waals surface area contributed by atoms with Gasteiger partial charge in [0.2, 0.25) is 0 Å². The molecule has 348 valence electrons. The zero-order valence-corrected chi connectivity index (χ0v) is 39.7. The van der Waals surface area contributed by atoms with Gasteiger partial charge in [-0.3, -0.25) is 9.59 Å². The van der Waals surface area contributed by atoms with E-state index >= 15 is 0 Å². The number of hydrogen-bond donors (Lipinski definition) is 1. The summed E-state index contributed by atoms with van der Waals surface area (Å²) in [5.41, 5.74) is 0. The monoisotopic (exact) mass is 839 g/mol. The number of ether oxygens (including phenoxy) is 2. The zero-order chi connectivity index (χ0) is 43.5. The summed E-state index contributed by atoms with van der Waals surface area (Å²) in [6.07, 6.45) is 67.4. The van der Waals surface area contributed by atoms with Crippen LogP contribution in [0.2, 0.25) is 0 Å². The van der Waals surface area contributed by atoms with Crippen LogP contribution in [0.4, 0.5) is 0 Å². The van der Waals surface area contributed by atoms with E-state index in [-0.39, 0.29) is 25.2 Å². The van der Waals surface area contributed by atoms with Gasteiger partial charge >= 0.3 is 11.9 Å². The summed E-state index contributed by atoms with van der Waals surface area (Å²) in [4.78, 5) is 24.4. The molecule has 0 saturated heterocycles. The Balaban J connectivity index is 3.50. The molecule has 0 amide bonds. The van der Waals surface area contributed by atoms with Crippen LogP contribution >= 0.6 is 0 Å². The van der Waals surface area contributed by atoms with E-state index in [1.54, 1.807) is 0 Å². The normalized spacial score (nSPS) is 12.7. The van der Waals surface area contributed by atoms with Crippen molar-refractivity contribution < 1.29 is 24.2 Å². The van der Waals surface area contributed by atoms with Crippen LogP contribution in [0.25, 0.3) is 0 Å². The summed E-state index contributed by atoms with van der Waals surface area (Å²) in [7, 11) is 0. The van der Waals surface area contributed by atoms with E-state index in [1.807, 2.05) is 0 Å². The number of carbonyl (C=O) groups excluding carboxylic acids is 2. The first-order valence-corrected chi connectivity index (χ1v) is 25.8. The van der Waals surface area contributed by atoms with E-state index in [0.29, 0.717) is 12.8 Å². The van der Waals surface area contributed by atoms with Crippen molar-refractivity contribution in [3.8, 4) is 0 Å². The first-order chi connectivity index (χ1) is 29.6. The highest BCUT2D eigenvalue weighted by molar-refractivity contribution is 5.70. The van der Waals surface area contributed by atoms with Crippen LogP contribution in [-0.2, 0) is 19.1 Å². The summed E-state index contributed by atoms with van der Waals surface area (Å²) in [5.74, 6) is -0.600. The maximum Gasteiger partial charge on any atom is 0.306 e. The van der Waals surface area contributed by atoms with Crippen molar-refractivity contribution in [3.63, 3.8) is 0 Å². The lowest BCUT2D eigenvalue weighted by atomic mass is 10.0. The Bertz CT molecular complexity index is 1040. The van der Waals surface area contributed by atoms with E-state index in [0.717, 1.165) is 64.2 Å². The highest BCUT2D eigenvalue weighted by Crippen LogP contribution is 2.15. The molecule has 0 rings (SSSR count). The minimum atomic E-state index is -0.780. The van der Waals surface area contributed by atoms with Gasteiger partial charge in [0.1, 0.15) is 6.61 Å². The Kier molecular flexibility index (Phi) is 48.9. The molecule has 0 aliphatic heterocycles. The average molecular weight is 839 g/mol. The topological polar surface area (TPSA) is 72.8 Å². The lowest BCUT2D eigenvalue weighted by Crippen LogP contribution is -2.28. The van der Waals surface area contributed by atoms with Crippen LogP contribution in [0, 0.1) is 0 Å². The largest absolute Gasteiger partial charge is 0.462 e. The predicted octanol–water partition coefficient (Wildman–Crippen LogP) is 17.1. The minimum Gasteiger partial charge on any atom is -0.462 e. The van der Waals surface area contributed by atoms with Crippen molar-refractivity contribution in [2.24, 2.45) is 0 Å². The molecule has 0 fully saturated rings. The zero-order valence-electron chi connectivity index (χ0n) is 39.7. The van der Waals surface area contributed by atoms with Crippen LogP contribution in [0.3, 0.4) is 0 Å². The third kappa shape index (κ3) is 48.3. The van der Waals surface area contributed by atoms with Crippen LogP contribution in [0.5, 0.6) is 0 Å². The fourth-order valence-corrected chi connectivity index (χ4v) is 7.36. The Morgan fingerprint density at radius 1 is 0.383 bits per heavy atom. The third-order valence-corrected chi connectivity index (χ3v) is 11.3. The van der Waals surface area contributed by atoms with E-state index in [9.17, 15) is 14.7 Å². The molecular formula is C55H98O5. The number of aliphatic hydroxyl groups is 1. The van der Waals surface area contributed by atoms with Gasteiger partial charge in [0, 0.05) is 12.8 Å². The molecule has 0 aromatic rings. The molecule has 5 nitrogen and oxygen atoms in total. The SMILES string of the molecule is CCCCC/C=C\C/C=C\C/C=C\CCCCCCCCC(=O)OC(CO)COC(=O)CCCCCCCCCCCCCCCCC/C=C\C/C=C\CCCCCCC. The number of hydrogen-bond acceptors (Lipinski definition) is 5. The lowest BCUT2D eigenvalue weighted by Gasteiger charge is -2.15. The fraction of sp³-hybridized carbons (Fsp3) is 0.782. The smallest absolute Gasteiger partial charge is 0.306 e. The predicted molar refractivity (Wildman–Crippen MR) is 260 cm³/mol. The van der Waals surface area contributed by atoms with Crippen LogP contribution in [0.1, 0.15) is 258 Å². The van der Waals surface area contributed by atoms with Gasteiger partial charge in [-0.1, -0.05) is 222 Å². The molecule has 0 aliphatic rings. The minimum absolute atomic E-state index is 0.0714. The van der Waals surface area contributed by atoms with Crippen molar-refractivity contribution in [1.82, 2.24) is 0 Å². The van der Waals surface area contributed by atoms with Gasteiger partial charge in [0.15, 0.2) is 6.10 Å². The second kappa shape index (κ2) is 51.0. The summed E-state index contributed by atoms with van der Waals surface area (Å²) in [6.45, 7) is 4.11. The van der Waals surface area contributed by atoms with Crippen LogP contribution in [-0.4, -0.2) is 36.4 Å². The number of aliphatic hydroxyl groups excluding tert-OH is 1. The number of allylic oxidation sites excluding steroid dienone is 10. The van der Waals surface area contributed by atoms with E-state index in [2.05, 4.69) is 74.6 Å². The molecule has 0 saturated carbocycles. The molecule has 5 heteroatoms. The van der Waals surface area contributed by atoms with Crippen molar-refractivity contribution >= 4 is 11.9 Å². The van der Waals surface area contributed by atoms with Crippen molar-refractivity contribution in [2.75, 3.05) is 13.2 Å². The van der Waals surface area contributed by atoms with E-state index < -0.39 is 6.10 Å². The summed E-state index contributed by atoms with van der Waals surface area (Å²) >= 11 is 0. The number of rotatable bonds is 47. The maximum absolute atomic E-state index is 12.3. The van der Waals surface area contributed by atoms with Gasteiger partial charge in [0.25, 0.3) is 0 Å². The van der Waals surface area contributed by atoms with E-state index in [1.165, 1.54) is 167 Å². The van der Waals surface area contributed by atoms with Crippen LogP contribution < -0.4 is 0 Å². The summed E-state index contributed by atoms with van der Waals surface area (Å²) < 4.78 is 10.7. The molecule has 1 atom stereocenters. The molecular weight excluding hydrogens is 741 g/mol. The molecule has 0 aliphatic carbocycles. The third-order valence-electron chi connectivity index (χ3n) is 11.3. The highest BCUT2D eigenvalue weighted by atomic mass is 16.6. The number of carbonyl (C=O) groups is 2. The van der Waals surface area contributed by atoms with Gasteiger partial charge in [-0.15, -0.1) is 0 Å². The second-order valence-corrected chi connectivity index (χ2v) is 17.2. The summed E-state index contributed by atoms with van der Waals surface area (Å²) in [5, 5.41) is 9.62. The first kappa shape index (κ1) is 57.6. The molecule has 1 unspecified atom stereocenters. The average Bonchev–Trinajstić information content (AvgIpc) is 3.25. The Labute approximate surface area is 372 Å². The number of esters is 2. The van der Waals surface area contributed by atoms with Crippen molar-refractivity contribution in [1.29, 1.82) is 0 Å². The fourth-order valence-electron chi connectivity index (χ4n) is 7.36. The van der Waals surface area contributed by atoms with E-state index in [4.69, 9.17) is 9.47 Å². The molecule has 0 spiro atoms. The standard InChI is InChI=1S/C55H98O5/c1-3-5-7-9-11-13-15-17-19-21-23-24-25-26-27-28-29-30-32-33-35-37-39-41-43-45-47-49-54(57)59-52-53(51-56)60-55(58)50-48-46-44-42-40-38-36-34-31-22-20-18-16-14-12-10-8-6-4-2/h12,14-15,17-18,20-21,23,31,34,53,56H,3-11,13,16,19,22,24-30,32-33,35-52H2,1-2H3/b14-12-,17-15-,20-18-,23-21-,34-31-. The quantitative estimate of drug-likeness (QED) is 0.0375. The molecule has 60 heavy (non-hydrogen) atoms. The second-order valence-electron chi connectivity index (χ2n) is 17.2. The molecule has 0 radical (unpaired) electrons. The van der Waals surface area contributed by atoms with Gasteiger partial charge in [-0.2, -0.15) is 0 Å². The van der Waals surface area contributed by atoms with Crippen molar-refractivity contribution in [2.45, 2.75) is 264 Å². The Morgan fingerprint density at radius 3 is 1.03 bits per heavy atom. The molecule has 0 aromatic carbocycles. The molecule has 0 bridgehead atoms.